The van der Waals surface area contributed by atoms with Crippen LogP contribution in [0.3, 0.4) is 0 Å². The number of halogens is 1. The zero-order valence-corrected chi connectivity index (χ0v) is 15.0. The molecule has 0 spiro atoms. The summed E-state index contributed by atoms with van der Waals surface area (Å²) in [6.45, 7) is 10.2. The van der Waals surface area contributed by atoms with Gasteiger partial charge in [0.2, 0.25) is 0 Å². The van der Waals surface area contributed by atoms with Crippen molar-refractivity contribution in [1.82, 2.24) is 5.32 Å². The van der Waals surface area contributed by atoms with Gasteiger partial charge >= 0.3 is 12.1 Å². The molecule has 0 aromatic carbocycles. The molecule has 0 saturated heterocycles. The van der Waals surface area contributed by atoms with Crippen molar-refractivity contribution in [3.63, 3.8) is 0 Å². The Labute approximate surface area is 137 Å². The first-order valence-corrected chi connectivity index (χ1v) is 7.85. The minimum atomic E-state index is -1.20. The Bertz CT molecular complexity index is 373. The number of amides is 1. The van der Waals surface area contributed by atoms with E-state index in [4.69, 9.17) is 21.1 Å². The van der Waals surface area contributed by atoms with Crippen LogP contribution in [0.2, 0.25) is 0 Å². The van der Waals surface area contributed by atoms with Crippen molar-refractivity contribution >= 4 is 23.7 Å². The molecule has 22 heavy (non-hydrogen) atoms. The molecule has 2 atom stereocenters. The van der Waals surface area contributed by atoms with Gasteiger partial charge in [-0.3, -0.25) is 0 Å². The van der Waals surface area contributed by atoms with Crippen molar-refractivity contribution in [2.24, 2.45) is 0 Å². The van der Waals surface area contributed by atoms with Crippen molar-refractivity contribution in [1.29, 1.82) is 0 Å². The highest BCUT2D eigenvalue weighted by Gasteiger charge is 2.33. The average molecular weight is 338 g/mol. The highest BCUT2D eigenvalue weighted by molar-refractivity contribution is 6.17. The Morgan fingerprint density at radius 1 is 1.09 bits per heavy atom. The lowest BCUT2D eigenvalue weighted by atomic mass is 10.1. The van der Waals surface area contributed by atoms with Gasteiger partial charge in [-0.2, -0.15) is 0 Å². The Kier molecular flexibility index (Phi) is 8.18. The fourth-order valence-corrected chi connectivity index (χ4v) is 1.72. The van der Waals surface area contributed by atoms with Crippen LogP contribution >= 0.6 is 11.6 Å². The van der Waals surface area contributed by atoms with Gasteiger partial charge in [-0.25, -0.2) is 9.59 Å². The number of esters is 1. The fraction of sp³-hybridized carbons (Fsp3) is 0.867. The van der Waals surface area contributed by atoms with Gasteiger partial charge in [-0.05, 0) is 54.4 Å². The number of rotatable bonds is 6. The molecule has 0 fully saturated rings. The predicted molar refractivity (Wildman–Crippen MR) is 85.0 cm³/mol. The van der Waals surface area contributed by atoms with E-state index in [0.29, 0.717) is 12.3 Å². The van der Waals surface area contributed by atoms with Crippen LogP contribution in [0.4, 0.5) is 4.79 Å². The maximum Gasteiger partial charge on any atom is 0.408 e. The topological polar surface area (TPSA) is 84.9 Å². The first-order valence-electron chi connectivity index (χ1n) is 7.32. The van der Waals surface area contributed by atoms with E-state index < -0.39 is 35.4 Å². The van der Waals surface area contributed by atoms with Crippen LogP contribution in [0.1, 0.15) is 54.4 Å². The predicted octanol–water partition coefficient (Wildman–Crippen LogP) is 2.60. The molecule has 1 amide bonds. The molecule has 0 aliphatic carbocycles. The van der Waals surface area contributed by atoms with E-state index >= 15 is 0 Å². The molecule has 0 bridgehead atoms. The van der Waals surface area contributed by atoms with Crippen LogP contribution in [0, 0.1) is 0 Å². The van der Waals surface area contributed by atoms with Crippen LogP contribution in [0.25, 0.3) is 0 Å². The molecule has 2 N–H and O–H groups in total. The SMILES string of the molecule is CC(C)(C)OC(=O)N[C@H](C(=O)OC(C)(C)C)[C@@H](O)CCCCl. The maximum atomic E-state index is 12.2. The number of aliphatic hydroxyl groups excluding tert-OH is 1. The number of nitrogens with one attached hydrogen (secondary N) is 1. The molecule has 0 radical (unpaired) electrons. The van der Waals surface area contributed by atoms with Gasteiger partial charge in [-0.15, -0.1) is 11.6 Å². The molecule has 0 heterocycles. The molecular formula is C15H28ClNO5. The number of carbonyl (C=O) groups excluding carboxylic acids is 2. The smallest absolute Gasteiger partial charge is 0.408 e. The van der Waals surface area contributed by atoms with Crippen LogP contribution in [-0.2, 0) is 14.3 Å². The zero-order valence-electron chi connectivity index (χ0n) is 14.2. The Morgan fingerprint density at radius 2 is 1.59 bits per heavy atom. The second-order valence-corrected chi connectivity index (χ2v) is 7.43. The summed E-state index contributed by atoms with van der Waals surface area (Å²) in [6.07, 6.45) is -1.10. The maximum absolute atomic E-state index is 12.2. The number of alkyl carbamates (subject to hydrolysis) is 1. The lowest BCUT2D eigenvalue weighted by molar-refractivity contribution is -0.160. The third-order valence-electron chi connectivity index (χ3n) is 2.35. The number of alkyl halides is 1. The van der Waals surface area contributed by atoms with E-state index in [1.54, 1.807) is 41.5 Å². The molecule has 130 valence electrons. The first-order chi connectivity index (χ1) is 9.85. The van der Waals surface area contributed by atoms with Crippen LogP contribution in [0.15, 0.2) is 0 Å². The van der Waals surface area contributed by atoms with Crippen LogP contribution in [0.5, 0.6) is 0 Å². The molecule has 0 aromatic heterocycles. The number of aliphatic hydroxyl groups is 1. The second kappa shape index (κ2) is 8.58. The quantitative estimate of drug-likeness (QED) is 0.575. The normalized spacial score (nSPS) is 14.9. The van der Waals surface area contributed by atoms with E-state index in [1.165, 1.54) is 0 Å². The van der Waals surface area contributed by atoms with Gasteiger partial charge in [0, 0.05) is 5.88 Å². The average Bonchev–Trinajstić information content (AvgIpc) is 2.28. The minimum absolute atomic E-state index is 0.267. The molecule has 0 rings (SSSR count). The molecule has 0 aromatic rings. The summed E-state index contributed by atoms with van der Waals surface area (Å²) in [4.78, 5) is 24.0. The van der Waals surface area contributed by atoms with Crippen molar-refractivity contribution in [3.8, 4) is 0 Å². The fourth-order valence-electron chi connectivity index (χ4n) is 1.56. The summed E-state index contributed by atoms with van der Waals surface area (Å²) < 4.78 is 10.3. The molecule has 0 saturated carbocycles. The lowest BCUT2D eigenvalue weighted by Gasteiger charge is -2.28. The molecular weight excluding hydrogens is 310 g/mol. The van der Waals surface area contributed by atoms with Crippen LogP contribution < -0.4 is 5.32 Å². The monoisotopic (exact) mass is 337 g/mol. The van der Waals surface area contributed by atoms with E-state index in [1.807, 2.05) is 0 Å². The summed E-state index contributed by atoms with van der Waals surface area (Å²) in [5, 5.41) is 12.5. The lowest BCUT2D eigenvalue weighted by Crippen LogP contribution is -2.52. The summed E-state index contributed by atoms with van der Waals surface area (Å²) in [6, 6.07) is -1.20. The molecule has 0 aliphatic heterocycles. The van der Waals surface area contributed by atoms with Crippen molar-refractivity contribution in [2.45, 2.75) is 77.7 Å². The summed E-state index contributed by atoms with van der Waals surface area (Å²) >= 11 is 5.59. The number of carbonyl (C=O) groups is 2. The summed E-state index contributed by atoms with van der Waals surface area (Å²) in [7, 11) is 0. The third-order valence-corrected chi connectivity index (χ3v) is 2.62. The van der Waals surface area contributed by atoms with Gasteiger partial charge in [0.05, 0.1) is 6.10 Å². The third kappa shape index (κ3) is 9.84. The van der Waals surface area contributed by atoms with Gasteiger partial charge in [0.1, 0.15) is 11.2 Å². The van der Waals surface area contributed by atoms with Crippen molar-refractivity contribution in [2.75, 3.05) is 5.88 Å². The zero-order chi connectivity index (χ0) is 17.6. The van der Waals surface area contributed by atoms with Crippen molar-refractivity contribution in [3.05, 3.63) is 0 Å². The highest BCUT2D eigenvalue weighted by Crippen LogP contribution is 2.14. The number of hydrogen-bond acceptors (Lipinski definition) is 5. The van der Waals surface area contributed by atoms with Gasteiger partial charge in [0.25, 0.3) is 0 Å². The van der Waals surface area contributed by atoms with Gasteiger partial charge in [-0.1, -0.05) is 0 Å². The van der Waals surface area contributed by atoms with Crippen molar-refractivity contribution < 1.29 is 24.2 Å². The van der Waals surface area contributed by atoms with E-state index in [-0.39, 0.29) is 6.42 Å². The summed E-state index contributed by atoms with van der Waals surface area (Å²) in [5.41, 5.74) is -1.43. The first kappa shape index (κ1) is 21.0. The Morgan fingerprint density at radius 3 is 2.00 bits per heavy atom. The molecule has 0 unspecified atom stereocenters. The minimum Gasteiger partial charge on any atom is -0.458 e. The van der Waals surface area contributed by atoms with E-state index in [0.717, 1.165) is 0 Å². The Balaban J connectivity index is 4.93. The van der Waals surface area contributed by atoms with E-state index in [2.05, 4.69) is 5.32 Å². The molecule has 0 aliphatic rings. The molecule has 7 heteroatoms. The standard InChI is InChI=1S/C15H28ClNO5/c1-14(2,3)21-12(19)11(10(18)8-7-9-16)17-13(20)22-15(4,5)6/h10-11,18H,7-9H2,1-6H3,(H,17,20)/t10-,11-/m0/s1. The highest BCUT2D eigenvalue weighted by atomic mass is 35.5. The number of ether oxygens (including phenoxy) is 2. The van der Waals surface area contributed by atoms with Gasteiger partial charge < -0.3 is 19.9 Å². The van der Waals surface area contributed by atoms with Crippen LogP contribution in [-0.4, -0.2) is 46.4 Å². The van der Waals surface area contributed by atoms with Gasteiger partial charge in [0.15, 0.2) is 6.04 Å². The number of hydrogen-bond donors (Lipinski definition) is 2. The summed E-state index contributed by atoms with van der Waals surface area (Å²) in [5.74, 6) is -0.356. The Hall–Kier alpha value is -1.01. The largest absolute Gasteiger partial charge is 0.458 e. The van der Waals surface area contributed by atoms with E-state index in [9.17, 15) is 14.7 Å². The second-order valence-electron chi connectivity index (χ2n) is 7.06. The molecule has 6 nitrogen and oxygen atoms in total.